The highest BCUT2D eigenvalue weighted by atomic mass is 19.2. The molecule has 0 amide bonds. The molecule has 8 nitrogen and oxygen atoms in total. The zero-order valence-corrected chi connectivity index (χ0v) is 15.5. The van der Waals surface area contributed by atoms with Crippen molar-refractivity contribution in [2.24, 2.45) is 0 Å². The lowest BCUT2D eigenvalue weighted by Crippen LogP contribution is -2.04. The lowest BCUT2D eigenvalue weighted by molar-refractivity contribution is -0.385. The van der Waals surface area contributed by atoms with Crippen molar-refractivity contribution in [1.82, 2.24) is 15.0 Å². The summed E-state index contributed by atoms with van der Waals surface area (Å²) in [6, 6.07) is 11.8. The fourth-order valence-corrected chi connectivity index (χ4v) is 2.81. The molecule has 0 unspecified atom stereocenters. The van der Waals surface area contributed by atoms with Crippen molar-refractivity contribution in [2.45, 2.75) is 6.92 Å². The van der Waals surface area contributed by atoms with Crippen LogP contribution >= 0.6 is 0 Å². The number of nitrogens with zero attached hydrogens (tertiary/aromatic N) is 4. The Morgan fingerprint density at radius 3 is 2.67 bits per heavy atom. The van der Waals surface area contributed by atoms with E-state index >= 15 is 0 Å². The zero-order valence-electron chi connectivity index (χ0n) is 15.5. The van der Waals surface area contributed by atoms with Crippen molar-refractivity contribution in [1.29, 1.82) is 0 Å². The summed E-state index contributed by atoms with van der Waals surface area (Å²) in [6.07, 6.45) is 1.06. The fraction of sp³-hybridized carbons (Fsp3) is 0.0500. The molecule has 150 valence electrons. The second-order valence-corrected chi connectivity index (χ2v) is 6.27. The zero-order chi connectivity index (χ0) is 21.3. The minimum absolute atomic E-state index is 0.0732. The number of fused-ring (bicyclic) bond motifs is 1. The van der Waals surface area contributed by atoms with Gasteiger partial charge in [-0.25, -0.2) is 18.7 Å². The molecule has 0 aliphatic heterocycles. The van der Waals surface area contributed by atoms with Crippen LogP contribution in [0.2, 0.25) is 0 Å². The maximum absolute atomic E-state index is 13.5. The van der Waals surface area contributed by atoms with Gasteiger partial charge in [-0.15, -0.1) is 0 Å². The number of para-hydroxylation sites is 1. The van der Waals surface area contributed by atoms with E-state index in [4.69, 9.17) is 4.74 Å². The summed E-state index contributed by atoms with van der Waals surface area (Å²) < 4.78 is 32.4. The molecule has 0 atom stereocenters. The number of pyridine rings is 1. The summed E-state index contributed by atoms with van der Waals surface area (Å²) >= 11 is 0. The number of nitrogens with one attached hydrogen (secondary N) is 1. The Kier molecular flexibility index (Phi) is 4.88. The van der Waals surface area contributed by atoms with Crippen LogP contribution in [-0.4, -0.2) is 19.9 Å². The lowest BCUT2D eigenvalue weighted by atomic mass is 10.2. The predicted octanol–water partition coefficient (Wildman–Crippen LogP) is 5.06. The standard InChI is InChI=1S/C20H13F2N5O3/c1-11-5-6-12-3-2-4-16(17(12)25-11)30-20-18(27(28)29)19(23-10-24-20)26-13-7-8-14(21)15(22)9-13/h2-10H,1H3,(H,23,24,26). The summed E-state index contributed by atoms with van der Waals surface area (Å²) in [6.45, 7) is 1.81. The van der Waals surface area contributed by atoms with E-state index in [2.05, 4.69) is 20.3 Å². The second-order valence-electron chi connectivity index (χ2n) is 6.27. The number of aryl methyl sites for hydroxylation is 1. The third-order valence-corrected chi connectivity index (χ3v) is 4.18. The van der Waals surface area contributed by atoms with Crippen LogP contribution in [-0.2, 0) is 0 Å². The van der Waals surface area contributed by atoms with Crippen LogP contribution in [0.5, 0.6) is 11.6 Å². The lowest BCUT2D eigenvalue weighted by Gasteiger charge is -2.11. The molecule has 1 N–H and O–H groups in total. The first-order valence-corrected chi connectivity index (χ1v) is 8.68. The quantitative estimate of drug-likeness (QED) is 0.363. The SMILES string of the molecule is Cc1ccc2cccc(Oc3ncnc(Nc4ccc(F)c(F)c4)c3[N+](=O)[O-])c2n1. The number of nitro groups is 1. The number of aromatic nitrogens is 3. The van der Waals surface area contributed by atoms with Crippen molar-refractivity contribution < 1.29 is 18.4 Å². The monoisotopic (exact) mass is 409 g/mol. The van der Waals surface area contributed by atoms with E-state index in [0.717, 1.165) is 29.5 Å². The third-order valence-electron chi connectivity index (χ3n) is 4.18. The van der Waals surface area contributed by atoms with Gasteiger partial charge in [0.1, 0.15) is 11.8 Å². The topological polar surface area (TPSA) is 103 Å². The smallest absolute Gasteiger partial charge is 0.373 e. The van der Waals surface area contributed by atoms with Gasteiger partial charge in [-0.1, -0.05) is 18.2 Å². The summed E-state index contributed by atoms with van der Waals surface area (Å²) in [5.41, 5.74) is 0.771. The fourth-order valence-electron chi connectivity index (χ4n) is 2.81. The Hall–Kier alpha value is -4.21. The molecule has 0 aliphatic carbocycles. The highest BCUT2D eigenvalue weighted by Gasteiger charge is 2.26. The van der Waals surface area contributed by atoms with Crippen LogP contribution in [0.3, 0.4) is 0 Å². The summed E-state index contributed by atoms with van der Waals surface area (Å²) in [4.78, 5) is 23.2. The van der Waals surface area contributed by atoms with Gasteiger partial charge in [0, 0.05) is 22.8 Å². The van der Waals surface area contributed by atoms with Crippen molar-refractivity contribution in [3.05, 3.63) is 82.3 Å². The number of halogens is 2. The maximum atomic E-state index is 13.5. The van der Waals surface area contributed by atoms with Crippen LogP contribution < -0.4 is 10.1 Å². The van der Waals surface area contributed by atoms with Crippen LogP contribution in [0.1, 0.15) is 5.69 Å². The van der Waals surface area contributed by atoms with E-state index in [-0.39, 0.29) is 23.1 Å². The van der Waals surface area contributed by atoms with Crippen LogP contribution in [0.15, 0.2) is 54.9 Å². The minimum atomic E-state index is -1.11. The summed E-state index contributed by atoms with van der Waals surface area (Å²) in [5, 5.41) is 15.1. The molecule has 4 rings (SSSR count). The number of hydrogen-bond donors (Lipinski definition) is 1. The van der Waals surface area contributed by atoms with E-state index in [1.807, 2.05) is 25.1 Å². The Bertz CT molecular complexity index is 1280. The molecular formula is C20H13F2N5O3. The van der Waals surface area contributed by atoms with Crippen molar-refractivity contribution >= 4 is 28.1 Å². The molecule has 0 bridgehead atoms. The van der Waals surface area contributed by atoms with E-state index < -0.39 is 22.2 Å². The average Bonchev–Trinajstić information content (AvgIpc) is 2.71. The molecule has 0 saturated heterocycles. The predicted molar refractivity (Wildman–Crippen MR) is 105 cm³/mol. The van der Waals surface area contributed by atoms with Gasteiger partial charge in [-0.3, -0.25) is 10.1 Å². The molecule has 2 heterocycles. The number of hydrogen-bond acceptors (Lipinski definition) is 7. The molecule has 0 aliphatic rings. The number of benzene rings is 2. The summed E-state index contributed by atoms with van der Waals surface area (Å²) in [7, 11) is 0. The van der Waals surface area contributed by atoms with Crippen LogP contribution in [0.25, 0.3) is 10.9 Å². The van der Waals surface area contributed by atoms with Gasteiger partial charge in [-0.2, -0.15) is 4.98 Å². The highest BCUT2D eigenvalue weighted by Crippen LogP contribution is 2.37. The molecule has 2 aromatic heterocycles. The molecule has 30 heavy (non-hydrogen) atoms. The van der Waals surface area contributed by atoms with Crippen molar-refractivity contribution in [3.8, 4) is 11.6 Å². The normalized spacial score (nSPS) is 10.8. The van der Waals surface area contributed by atoms with Gasteiger partial charge in [0.15, 0.2) is 17.4 Å². The van der Waals surface area contributed by atoms with Crippen molar-refractivity contribution in [2.75, 3.05) is 5.32 Å². The molecule has 2 aromatic carbocycles. The van der Waals surface area contributed by atoms with Crippen molar-refractivity contribution in [3.63, 3.8) is 0 Å². The Morgan fingerprint density at radius 1 is 1.07 bits per heavy atom. The Morgan fingerprint density at radius 2 is 1.90 bits per heavy atom. The van der Waals surface area contributed by atoms with Gasteiger partial charge >= 0.3 is 11.6 Å². The molecule has 0 fully saturated rings. The van der Waals surface area contributed by atoms with Crippen LogP contribution in [0.4, 0.5) is 26.0 Å². The highest BCUT2D eigenvalue weighted by molar-refractivity contribution is 5.85. The van der Waals surface area contributed by atoms with E-state index in [0.29, 0.717) is 5.52 Å². The number of anilines is 2. The largest absolute Gasteiger partial charge is 0.431 e. The van der Waals surface area contributed by atoms with Crippen LogP contribution in [0, 0.1) is 28.7 Å². The first-order valence-electron chi connectivity index (χ1n) is 8.68. The molecule has 4 aromatic rings. The molecular weight excluding hydrogens is 396 g/mol. The Balaban J connectivity index is 1.76. The van der Waals surface area contributed by atoms with E-state index in [9.17, 15) is 18.9 Å². The van der Waals surface area contributed by atoms with E-state index in [1.165, 1.54) is 6.07 Å². The van der Waals surface area contributed by atoms with E-state index in [1.54, 1.807) is 12.1 Å². The Labute approximate surface area is 168 Å². The molecule has 0 radical (unpaired) electrons. The molecule has 0 saturated carbocycles. The average molecular weight is 409 g/mol. The second kappa shape index (κ2) is 7.66. The number of rotatable bonds is 5. The minimum Gasteiger partial charge on any atom is -0.431 e. The first kappa shape index (κ1) is 19.1. The van der Waals surface area contributed by atoms with Gasteiger partial charge in [0.05, 0.1) is 4.92 Å². The summed E-state index contributed by atoms with van der Waals surface area (Å²) in [5.74, 6) is -2.43. The molecule has 0 spiro atoms. The van der Waals surface area contributed by atoms with Gasteiger partial charge in [0.25, 0.3) is 0 Å². The van der Waals surface area contributed by atoms with Gasteiger partial charge in [0.2, 0.25) is 5.82 Å². The number of ether oxygens (including phenoxy) is 1. The van der Waals surface area contributed by atoms with Gasteiger partial charge < -0.3 is 10.1 Å². The van der Waals surface area contributed by atoms with Gasteiger partial charge in [-0.05, 0) is 31.2 Å². The molecule has 10 heteroatoms. The third kappa shape index (κ3) is 3.70. The first-order chi connectivity index (χ1) is 14.4. The maximum Gasteiger partial charge on any atom is 0.373 e.